The van der Waals surface area contributed by atoms with Gasteiger partial charge >= 0.3 is 5.69 Å². The molecule has 0 radical (unpaired) electrons. The highest BCUT2D eigenvalue weighted by molar-refractivity contribution is 5.76. The zero-order valence-corrected chi connectivity index (χ0v) is 13.8. The summed E-state index contributed by atoms with van der Waals surface area (Å²) in [6.07, 6.45) is 3.41. The first-order valence-corrected chi connectivity index (χ1v) is 7.67. The second-order valence-corrected chi connectivity index (χ2v) is 6.03. The van der Waals surface area contributed by atoms with E-state index in [1.807, 2.05) is 25.2 Å². The lowest BCUT2D eigenvalue weighted by Crippen LogP contribution is -2.02. The Morgan fingerprint density at radius 2 is 1.92 bits per heavy atom. The first-order valence-electron chi connectivity index (χ1n) is 7.67. The maximum Gasteiger partial charge on any atom is 0.312 e. The van der Waals surface area contributed by atoms with Crippen LogP contribution >= 0.6 is 0 Å². The Labute approximate surface area is 143 Å². The Kier molecular flexibility index (Phi) is 4.39. The van der Waals surface area contributed by atoms with Crippen LogP contribution in [0.15, 0.2) is 36.5 Å². The molecule has 5 nitrogen and oxygen atoms in total. The van der Waals surface area contributed by atoms with Crippen LogP contribution in [0.3, 0.4) is 0 Å². The maximum absolute atomic E-state index is 13.8. The van der Waals surface area contributed by atoms with Crippen molar-refractivity contribution < 1.29 is 18.4 Å². The molecule has 0 bridgehead atoms. The summed E-state index contributed by atoms with van der Waals surface area (Å²) in [5.74, 6) is -1.97. The van der Waals surface area contributed by atoms with Crippen LogP contribution in [0.1, 0.15) is 17.5 Å². The highest BCUT2D eigenvalue weighted by Gasteiger charge is 2.26. The van der Waals surface area contributed by atoms with Gasteiger partial charge in [-0.3, -0.25) is 10.1 Å². The van der Waals surface area contributed by atoms with Crippen molar-refractivity contribution in [1.82, 2.24) is 4.90 Å². The molecule has 130 valence electrons. The van der Waals surface area contributed by atoms with Gasteiger partial charge < -0.3 is 9.64 Å². The molecule has 2 aromatic carbocycles. The Balaban J connectivity index is 2.05. The fraction of sp³-hybridized carbons (Fsp3) is 0.222. The number of nitro groups is 1. The predicted molar refractivity (Wildman–Crippen MR) is 89.5 cm³/mol. The molecule has 0 saturated carbocycles. The number of allylic oxidation sites excluding steroid dienone is 1. The highest BCUT2D eigenvalue weighted by atomic mass is 19.1. The molecule has 0 aromatic heterocycles. The van der Waals surface area contributed by atoms with Crippen molar-refractivity contribution in [3.8, 4) is 11.5 Å². The Hall–Kier alpha value is -2.96. The van der Waals surface area contributed by atoms with E-state index in [1.165, 1.54) is 6.07 Å². The fourth-order valence-electron chi connectivity index (χ4n) is 2.87. The van der Waals surface area contributed by atoms with Crippen LogP contribution in [0.25, 0.3) is 5.57 Å². The van der Waals surface area contributed by atoms with Gasteiger partial charge in [0.15, 0.2) is 11.6 Å². The van der Waals surface area contributed by atoms with Crippen LogP contribution in [0.5, 0.6) is 11.5 Å². The minimum absolute atomic E-state index is 0.0552. The van der Waals surface area contributed by atoms with Crippen molar-refractivity contribution in [1.29, 1.82) is 0 Å². The van der Waals surface area contributed by atoms with E-state index in [2.05, 4.69) is 0 Å². The van der Waals surface area contributed by atoms with Gasteiger partial charge in [-0.2, -0.15) is 0 Å². The van der Waals surface area contributed by atoms with E-state index in [0.29, 0.717) is 6.07 Å². The standard InChI is InChI=1S/C18H16F2N2O3/c1-21(2)10-12-4-3-11-7-18(16(22(23)24)9-14(11)12)25-17-6-5-13(19)8-15(17)20/h5-10H,3-4H2,1-2H3/b12-10-. The van der Waals surface area contributed by atoms with Crippen LogP contribution < -0.4 is 4.74 Å². The number of hydrogen-bond acceptors (Lipinski definition) is 4. The molecule has 0 saturated heterocycles. The lowest BCUT2D eigenvalue weighted by Gasteiger charge is -2.11. The summed E-state index contributed by atoms with van der Waals surface area (Å²) in [7, 11) is 3.77. The molecule has 0 N–H and O–H groups in total. The number of rotatable bonds is 4. The van der Waals surface area contributed by atoms with Crippen LogP contribution in [-0.2, 0) is 6.42 Å². The molecule has 0 heterocycles. The zero-order chi connectivity index (χ0) is 18.1. The molecule has 3 rings (SSSR count). The van der Waals surface area contributed by atoms with Gasteiger partial charge in [0, 0.05) is 32.4 Å². The largest absolute Gasteiger partial charge is 0.447 e. The summed E-state index contributed by atoms with van der Waals surface area (Å²) in [6, 6.07) is 5.84. The van der Waals surface area contributed by atoms with Crippen LogP contribution in [-0.4, -0.2) is 23.9 Å². The van der Waals surface area contributed by atoms with Crippen LogP contribution in [0.4, 0.5) is 14.5 Å². The summed E-state index contributed by atoms with van der Waals surface area (Å²) in [5, 5.41) is 11.4. The average molecular weight is 346 g/mol. The molecule has 0 spiro atoms. The minimum Gasteiger partial charge on any atom is -0.447 e. The van der Waals surface area contributed by atoms with Crippen molar-refractivity contribution in [3.63, 3.8) is 0 Å². The smallest absolute Gasteiger partial charge is 0.312 e. The number of fused-ring (bicyclic) bond motifs is 1. The number of ether oxygens (including phenoxy) is 1. The van der Waals surface area contributed by atoms with Gasteiger partial charge in [0.05, 0.1) is 4.92 Å². The number of nitrogens with zero attached hydrogens (tertiary/aromatic N) is 2. The van der Waals surface area contributed by atoms with E-state index in [-0.39, 0.29) is 17.2 Å². The van der Waals surface area contributed by atoms with Crippen molar-refractivity contribution in [2.45, 2.75) is 12.8 Å². The quantitative estimate of drug-likeness (QED) is 0.603. The third-order valence-corrected chi connectivity index (χ3v) is 3.92. The molecular weight excluding hydrogens is 330 g/mol. The summed E-state index contributed by atoms with van der Waals surface area (Å²) in [4.78, 5) is 12.7. The van der Waals surface area contributed by atoms with Crippen molar-refractivity contribution in [2.75, 3.05) is 14.1 Å². The second-order valence-electron chi connectivity index (χ2n) is 6.03. The summed E-state index contributed by atoms with van der Waals surface area (Å²) in [5.41, 5.74) is 2.44. The number of benzene rings is 2. The monoisotopic (exact) mass is 346 g/mol. The molecule has 0 aliphatic heterocycles. The lowest BCUT2D eigenvalue weighted by molar-refractivity contribution is -0.385. The Morgan fingerprint density at radius 1 is 1.16 bits per heavy atom. The molecule has 1 aliphatic rings. The Bertz CT molecular complexity index is 879. The van der Waals surface area contributed by atoms with Crippen molar-refractivity contribution >= 4 is 11.3 Å². The number of nitro benzene ring substituents is 1. The molecule has 0 atom stereocenters. The molecule has 1 aliphatic carbocycles. The topological polar surface area (TPSA) is 55.6 Å². The van der Waals surface area contributed by atoms with E-state index >= 15 is 0 Å². The molecule has 25 heavy (non-hydrogen) atoms. The van der Waals surface area contributed by atoms with Gasteiger partial charge in [-0.15, -0.1) is 0 Å². The second kappa shape index (κ2) is 6.51. The molecule has 0 fully saturated rings. The SMILES string of the molecule is CN(C)/C=C1/CCc2cc(Oc3ccc(F)cc3F)c([N+](=O)[O-])cc21. The first kappa shape index (κ1) is 16.9. The van der Waals surface area contributed by atoms with E-state index in [0.717, 1.165) is 41.7 Å². The zero-order valence-electron chi connectivity index (χ0n) is 13.8. The van der Waals surface area contributed by atoms with Crippen molar-refractivity contribution in [2.24, 2.45) is 0 Å². The predicted octanol–water partition coefficient (Wildman–Crippen LogP) is 4.51. The molecule has 0 unspecified atom stereocenters. The van der Waals surface area contributed by atoms with Crippen molar-refractivity contribution in [3.05, 3.63) is 69.4 Å². The van der Waals surface area contributed by atoms with Crippen LogP contribution in [0.2, 0.25) is 0 Å². The van der Waals surface area contributed by atoms with Gasteiger partial charge in [-0.1, -0.05) is 0 Å². The fourth-order valence-corrected chi connectivity index (χ4v) is 2.87. The number of aryl methyl sites for hydroxylation is 1. The third kappa shape index (κ3) is 3.45. The molecule has 2 aromatic rings. The van der Waals surface area contributed by atoms with E-state index in [4.69, 9.17) is 4.74 Å². The molecule has 7 heteroatoms. The summed E-state index contributed by atoms with van der Waals surface area (Å²) >= 11 is 0. The minimum atomic E-state index is -0.914. The van der Waals surface area contributed by atoms with E-state index in [1.54, 1.807) is 6.07 Å². The third-order valence-electron chi connectivity index (χ3n) is 3.92. The Morgan fingerprint density at radius 3 is 2.56 bits per heavy atom. The highest BCUT2D eigenvalue weighted by Crippen LogP contribution is 2.41. The van der Waals surface area contributed by atoms with Gasteiger partial charge in [0.25, 0.3) is 0 Å². The summed E-state index contributed by atoms with van der Waals surface area (Å²) in [6.45, 7) is 0. The summed E-state index contributed by atoms with van der Waals surface area (Å²) < 4.78 is 32.2. The normalized spacial score (nSPS) is 14.5. The lowest BCUT2D eigenvalue weighted by atomic mass is 10.1. The van der Waals surface area contributed by atoms with Gasteiger partial charge in [-0.05, 0) is 47.7 Å². The first-order chi connectivity index (χ1) is 11.8. The number of halogens is 2. The number of hydrogen-bond donors (Lipinski definition) is 0. The maximum atomic E-state index is 13.8. The van der Waals surface area contributed by atoms with E-state index in [9.17, 15) is 18.9 Å². The van der Waals surface area contributed by atoms with E-state index < -0.39 is 16.6 Å². The molecular formula is C18H16F2N2O3. The molecule has 0 amide bonds. The average Bonchev–Trinajstić information content (AvgIpc) is 2.90. The van der Waals surface area contributed by atoms with Gasteiger partial charge in [-0.25, -0.2) is 8.78 Å². The van der Waals surface area contributed by atoms with Gasteiger partial charge in [0.1, 0.15) is 5.82 Å². The van der Waals surface area contributed by atoms with Gasteiger partial charge in [0.2, 0.25) is 5.75 Å². The van der Waals surface area contributed by atoms with Crippen LogP contribution in [0, 0.1) is 21.7 Å².